The van der Waals surface area contributed by atoms with Crippen LogP contribution < -0.4 is 10.1 Å². The summed E-state index contributed by atoms with van der Waals surface area (Å²) in [6.45, 7) is 8.12. The van der Waals surface area contributed by atoms with Crippen molar-refractivity contribution in [3.63, 3.8) is 0 Å². The van der Waals surface area contributed by atoms with Crippen molar-refractivity contribution in [3.05, 3.63) is 29.8 Å². The molecule has 1 N–H and O–H groups in total. The third kappa shape index (κ3) is 5.75. The van der Waals surface area contributed by atoms with Crippen molar-refractivity contribution in [2.45, 2.75) is 58.9 Å². The van der Waals surface area contributed by atoms with Gasteiger partial charge in [0.05, 0.1) is 13.0 Å². The van der Waals surface area contributed by atoms with Crippen LogP contribution in [0.5, 0.6) is 5.75 Å². The normalized spacial score (nSPS) is 15.2. The molecule has 1 aliphatic rings. The minimum Gasteiger partial charge on any atom is -0.494 e. The van der Waals surface area contributed by atoms with E-state index in [4.69, 9.17) is 4.74 Å². The van der Waals surface area contributed by atoms with E-state index < -0.39 is 0 Å². The van der Waals surface area contributed by atoms with Gasteiger partial charge in [0.2, 0.25) is 11.8 Å². The molecule has 0 bridgehead atoms. The van der Waals surface area contributed by atoms with Crippen LogP contribution in [0, 0.1) is 5.92 Å². The Morgan fingerprint density at radius 3 is 2.27 bits per heavy atom. The third-order valence-electron chi connectivity index (χ3n) is 5.14. The van der Waals surface area contributed by atoms with Gasteiger partial charge in [0.1, 0.15) is 5.75 Å². The maximum Gasteiger partial charge on any atom is 0.226 e. The van der Waals surface area contributed by atoms with Crippen LogP contribution in [-0.2, 0) is 16.0 Å². The topological polar surface area (TPSA) is 58.6 Å². The molecule has 0 radical (unpaired) electrons. The van der Waals surface area contributed by atoms with Crippen LogP contribution in [0.25, 0.3) is 0 Å². The SMILES string of the molecule is CCOc1ccc(CC(=O)N2CCC(NC(=O)C(CC)CC)CC2)cc1. The number of carbonyl (C=O) groups excluding carboxylic acids is 2. The Labute approximate surface area is 157 Å². The van der Waals surface area contributed by atoms with Crippen LogP contribution in [0.3, 0.4) is 0 Å². The van der Waals surface area contributed by atoms with Gasteiger partial charge in [-0.1, -0.05) is 26.0 Å². The fraction of sp³-hybridized carbons (Fsp3) is 0.619. The van der Waals surface area contributed by atoms with Crippen LogP contribution in [0.2, 0.25) is 0 Å². The van der Waals surface area contributed by atoms with Crippen molar-refractivity contribution in [3.8, 4) is 5.75 Å². The van der Waals surface area contributed by atoms with Gasteiger partial charge in [0, 0.05) is 25.0 Å². The number of hydrogen-bond acceptors (Lipinski definition) is 3. The molecule has 2 rings (SSSR count). The van der Waals surface area contributed by atoms with Gasteiger partial charge in [0.25, 0.3) is 0 Å². The lowest BCUT2D eigenvalue weighted by Gasteiger charge is -2.33. The summed E-state index contributed by atoms with van der Waals surface area (Å²) in [4.78, 5) is 26.6. The van der Waals surface area contributed by atoms with Crippen LogP contribution in [-0.4, -0.2) is 42.5 Å². The molecule has 0 aromatic heterocycles. The van der Waals surface area contributed by atoms with Crippen molar-refractivity contribution in [2.24, 2.45) is 5.92 Å². The van der Waals surface area contributed by atoms with Gasteiger partial charge in [0.15, 0.2) is 0 Å². The number of piperidine rings is 1. The lowest BCUT2D eigenvalue weighted by Crippen LogP contribution is -2.48. The van der Waals surface area contributed by atoms with Gasteiger partial charge in [-0.25, -0.2) is 0 Å². The predicted octanol–water partition coefficient (Wildman–Crippen LogP) is 3.17. The van der Waals surface area contributed by atoms with E-state index in [0.29, 0.717) is 26.1 Å². The van der Waals surface area contributed by atoms with E-state index in [0.717, 1.165) is 37.0 Å². The highest BCUT2D eigenvalue weighted by molar-refractivity contribution is 5.80. The van der Waals surface area contributed by atoms with Crippen LogP contribution in [0.15, 0.2) is 24.3 Å². The molecule has 1 aromatic rings. The van der Waals surface area contributed by atoms with E-state index in [2.05, 4.69) is 19.2 Å². The van der Waals surface area contributed by atoms with E-state index in [-0.39, 0.29) is 23.8 Å². The zero-order valence-electron chi connectivity index (χ0n) is 16.3. The summed E-state index contributed by atoms with van der Waals surface area (Å²) >= 11 is 0. The molecule has 0 atom stereocenters. The molecule has 1 aliphatic heterocycles. The number of amides is 2. The molecule has 0 saturated carbocycles. The number of likely N-dealkylation sites (tertiary alicyclic amines) is 1. The highest BCUT2D eigenvalue weighted by Crippen LogP contribution is 2.16. The summed E-state index contributed by atoms with van der Waals surface area (Å²) in [7, 11) is 0. The first kappa shape index (κ1) is 20.3. The maximum absolute atomic E-state index is 12.5. The monoisotopic (exact) mass is 360 g/mol. The summed E-state index contributed by atoms with van der Waals surface area (Å²) in [5, 5.41) is 3.16. The van der Waals surface area contributed by atoms with Crippen molar-refractivity contribution in [2.75, 3.05) is 19.7 Å². The summed E-state index contributed by atoms with van der Waals surface area (Å²) < 4.78 is 5.43. The molecule has 144 valence electrons. The van der Waals surface area contributed by atoms with Crippen LogP contribution >= 0.6 is 0 Å². The van der Waals surface area contributed by atoms with E-state index in [9.17, 15) is 9.59 Å². The van der Waals surface area contributed by atoms with Gasteiger partial charge >= 0.3 is 0 Å². The standard InChI is InChI=1S/C21H32N2O3/c1-4-17(5-2)21(25)22-18-11-13-23(14-12-18)20(24)15-16-7-9-19(10-8-16)26-6-3/h7-10,17-18H,4-6,11-15H2,1-3H3,(H,22,25). The van der Waals surface area contributed by atoms with E-state index in [1.807, 2.05) is 36.1 Å². The fourth-order valence-electron chi connectivity index (χ4n) is 3.41. The Kier molecular flexibility index (Phi) is 7.95. The molecule has 1 aromatic carbocycles. The largest absolute Gasteiger partial charge is 0.494 e. The van der Waals surface area contributed by atoms with E-state index in [1.54, 1.807) is 0 Å². The van der Waals surface area contributed by atoms with E-state index in [1.165, 1.54) is 0 Å². The van der Waals surface area contributed by atoms with Crippen molar-refractivity contribution >= 4 is 11.8 Å². The van der Waals surface area contributed by atoms with Crippen molar-refractivity contribution in [1.29, 1.82) is 0 Å². The number of carbonyl (C=O) groups is 2. The molecular weight excluding hydrogens is 328 g/mol. The Morgan fingerprint density at radius 1 is 1.12 bits per heavy atom. The van der Waals surface area contributed by atoms with E-state index >= 15 is 0 Å². The molecule has 5 heteroatoms. The predicted molar refractivity (Wildman–Crippen MR) is 103 cm³/mol. The summed E-state index contributed by atoms with van der Waals surface area (Å²) in [6.07, 6.45) is 3.84. The van der Waals surface area contributed by atoms with Gasteiger partial charge < -0.3 is 15.0 Å². The first-order valence-electron chi connectivity index (χ1n) is 9.87. The number of ether oxygens (including phenoxy) is 1. The summed E-state index contributed by atoms with van der Waals surface area (Å²) in [6, 6.07) is 7.91. The summed E-state index contributed by atoms with van der Waals surface area (Å²) in [5.74, 6) is 1.25. The van der Waals surface area contributed by atoms with Gasteiger partial charge in [-0.15, -0.1) is 0 Å². The molecule has 2 amide bonds. The number of hydrogen-bond donors (Lipinski definition) is 1. The zero-order valence-corrected chi connectivity index (χ0v) is 16.3. The number of nitrogens with one attached hydrogen (secondary N) is 1. The lowest BCUT2D eigenvalue weighted by molar-refractivity contribution is -0.131. The molecule has 0 aliphatic carbocycles. The molecule has 5 nitrogen and oxygen atoms in total. The second-order valence-electron chi connectivity index (χ2n) is 6.93. The maximum atomic E-state index is 12.5. The van der Waals surface area contributed by atoms with Gasteiger partial charge in [-0.05, 0) is 50.3 Å². The molecule has 1 heterocycles. The lowest BCUT2D eigenvalue weighted by atomic mass is 9.99. The molecule has 1 saturated heterocycles. The third-order valence-corrected chi connectivity index (χ3v) is 5.14. The minimum atomic E-state index is 0.106. The highest BCUT2D eigenvalue weighted by atomic mass is 16.5. The molecule has 26 heavy (non-hydrogen) atoms. The first-order valence-corrected chi connectivity index (χ1v) is 9.87. The second-order valence-corrected chi connectivity index (χ2v) is 6.93. The Morgan fingerprint density at radius 2 is 1.73 bits per heavy atom. The fourth-order valence-corrected chi connectivity index (χ4v) is 3.41. The Balaban J connectivity index is 1.78. The van der Waals surface area contributed by atoms with Gasteiger partial charge in [-0.3, -0.25) is 9.59 Å². The highest BCUT2D eigenvalue weighted by Gasteiger charge is 2.25. The molecule has 0 spiro atoms. The van der Waals surface area contributed by atoms with Crippen molar-refractivity contribution in [1.82, 2.24) is 10.2 Å². The van der Waals surface area contributed by atoms with Crippen LogP contribution in [0.4, 0.5) is 0 Å². The quantitative estimate of drug-likeness (QED) is 0.775. The average molecular weight is 360 g/mol. The molecule has 0 unspecified atom stereocenters. The number of nitrogens with zero attached hydrogens (tertiary/aromatic N) is 1. The number of benzene rings is 1. The van der Waals surface area contributed by atoms with Crippen molar-refractivity contribution < 1.29 is 14.3 Å². The first-order chi connectivity index (χ1) is 12.6. The number of rotatable bonds is 8. The van der Waals surface area contributed by atoms with Gasteiger partial charge in [-0.2, -0.15) is 0 Å². The smallest absolute Gasteiger partial charge is 0.226 e. The average Bonchev–Trinajstić information content (AvgIpc) is 2.65. The minimum absolute atomic E-state index is 0.106. The Bertz CT molecular complexity index is 573. The second kappa shape index (κ2) is 10.2. The zero-order chi connectivity index (χ0) is 18.9. The summed E-state index contributed by atoms with van der Waals surface area (Å²) in [5.41, 5.74) is 1.00. The van der Waals surface area contributed by atoms with Crippen LogP contribution in [0.1, 0.15) is 52.0 Å². The molecule has 1 fully saturated rings. The Hall–Kier alpha value is -2.04. The molecular formula is C21H32N2O3.